The lowest BCUT2D eigenvalue weighted by atomic mass is 9.59. The summed E-state index contributed by atoms with van der Waals surface area (Å²) in [6.07, 6.45) is 5.65. The van der Waals surface area contributed by atoms with Crippen LogP contribution in [0.1, 0.15) is 63.1 Å². The number of hydrogen-bond acceptors (Lipinski definition) is 4. The van der Waals surface area contributed by atoms with Crippen LogP contribution in [0, 0.1) is 28.9 Å². The monoisotopic (exact) mass is 520 g/mol. The van der Waals surface area contributed by atoms with Gasteiger partial charge in [0.05, 0.1) is 12.0 Å². The van der Waals surface area contributed by atoms with E-state index in [2.05, 4.69) is 23.6 Å². The number of piperazine rings is 1. The fourth-order valence-electron chi connectivity index (χ4n) is 7.71. The van der Waals surface area contributed by atoms with E-state index in [0.29, 0.717) is 0 Å². The van der Waals surface area contributed by atoms with Crippen molar-refractivity contribution in [1.82, 2.24) is 9.80 Å². The maximum Gasteiger partial charge on any atom is 0.310 e. The molecule has 6 heteroatoms. The number of carbonyl (C=O) groups excluding carboxylic acids is 1. The Morgan fingerprint density at radius 2 is 1.58 bits per heavy atom. The number of halogens is 2. The molecule has 2 aliphatic carbocycles. The topological polar surface area (TPSA) is 32.8 Å². The largest absolute Gasteiger partial charge is 0.462 e. The number of ether oxygens (including phenoxy) is 1. The van der Waals surface area contributed by atoms with Gasteiger partial charge in [0, 0.05) is 38.6 Å². The van der Waals surface area contributed by atoms with Gasteiger partial charge in [-0.3, -0.25) is 14.6 Å². The van der Waals surface area contributed by atoms with Crippen LogP contribution in [-0.4, -0.2) is 54.6 Å². The molecular formula is C32H38F2N2O2. The quantitative estimate of drug-likeness (QED) is 0.351. The normalized spacial score (nSPS) is 30.3. The highest BCUT2D eigenvalue weighted by Crippen LogP contribution is 2.55. The zero-order valence-electron chi connectivity index (χ0n) is 22.5. The zero-order valence-corrected chi connectivity index (χ0v) is 22.5. The molecule has 2 heterocycles. The van der Waals surface area contributed by atoms with Gasteiger partial charge in [-0.25, -0.2) is 8.78 Å². The first kappa shape index (κ1) is 25.7. The Kier molecular flexibility index (Phi) is 6.89. The molecule has 2 aliphatic heterocycles. The number of carbonyl (C=O) groups is 1. The van der Waals surface area contributed by atoms with Crippen molar-refractivity contribution in [2.75, 3.05) is 32.7 Å². The van der Waals surface area contributed by atoms with Gasteiger partial charge in [-0.05, 0) is 79.8 Å². The van der Waals surface area contributed by atoms with Crippen LogP contribution in [0.2, 0.25) is 0 Å². The summed E-state index contributed by atoms with van der Waals surface area (Å²) in [5, 5.41) is 0. The van der Waals surface area contributed by atoms with Crippen molar-refractivity contribution in [2.24, 2.45) is 17.3 Å². The molecule has 2 aromatic carbocycles. The number of rotatable bonds is 5. The van der Waals surface area contributed by atoms with Crippen LogP contribution in [0.3, 0.4) is 0 Å². The molecular weight excluding hydrogens is 482 g/mol. The molecule has 2 aromatic rings. The van der Waals surface area contributed by atoms with Crippen LogP contribution < -0.4 is 0 Å². The smallest absolute Gasteiger partial charge is 0.310 e. The second-order valence-electron chi connectivity index (χ2n) is 12.2. The van der Waals surface area contributed by atoms with Gasteiger partial charge in [0.2, 0.25) is 0 Å². The van der Waals surface area contributed by atoms with E-state index < -0.39 is 0 Å². The highest BCUT2D eigenvalue weighted by atomic mass is 19.1. The van der Waals surface area contributed by atoms with Crippen molar-refractivity contribution in [3.63, 3.8) is 0 Å². The Morgan fingerprint density at radius 1 is 0.974 bits per heavy atom. The summed E-state index contributed by atoms with van der Waals surface area (Å²) in [6.45, 7) is 8.74. The van der Waals surface area contributed by atoms with Gasteiger partial charge >= 0.3 is 5.97 Å². The highest BCUT2D eigenvalue weighted by Gasteiger charge is 2.53. The second-order valence-corrected chi connectivity index (χ2v) is 12.2. The lowest BCUT2D eigenvalue weighted by Gasteiger charge is -2.46. The van der Waals surface area contributed by atoms with E-state index in [-0.39, 0.29) is 47.0 Å². The Hall–Kier alpha value is -2.57. The van der Waals surface area contributed by atoms with Gasteiger partial charge in [0.1, 0.15) is 17.7 Å². The molecule has 4 unspecified atom stereocenters. The first-order chi connectivity index (χ1) is 18.3. The third-order valence-electron chi connectivity index (χ3n) is 9.78. The lowest BCUT2D eigenvalue weighted by Crippen LogP contribution is -2.50. The van der Waals surface area contributed by atoms with Gasteiger partial charge < -0.3 is 4.74 Å². The molecule has 4 atom stereocenters. The average molecular weight is 521 g/mol. The van der Waals surface area contributed by atoms with Crippen LogP contribution in [0.15, 0.2) is 59.7 Å². The highest BCUT2D eigenvalue weighted by molar-refractivity contribution is 5.76. The second kappa shape index (κ2) is 10.2. The van der Waals surface area contributed by atoms with E-state index >= 15 is 0 Å². The third-order valence-corrected chi connectivity index (χ3v) is 9.78. The van der Waals surface area contributed by atoms with Gasteiger partial charge in [-0.2, -0.15) is 0 Å². The summed E-state index contributed by atoms with van der Waals surface area (Å²) in [4.78, 5) is 17.9. The molecule has 1 saturated carbocycles. The van der Waals surface area contributed by atoms with Crippen molar-refractivity contribution >= 4 is 5.97 Å². The van der Waals surface area contributed by atoms with E-state index in [1.165, 1.54) is 49.1 Å². The van der Waals surface area contributed by atoms with Crippen molar-refractivity contribution in [2.45, 2.75) is 58.1 Å². The molecule has 0 spiro atoms. The van der Waals surface area contributed by atoms with Crippen molar-refractivity contribution in [3.8, 4) is 0 Å². The molecule has 6 rings (SSSR count). The summed E-state index contributed by atoms with van der Waals surface area (Å²) in [5.41, 5.74) is 5.32. The predicted octanol–water partition coefficient (Wildman–Crippen LogP) is 6.13. The average Bonchev–Trinajstić information content (AvgIpc) is 3.19. The van der Waals surface area contributed by atoms with E-state index in [1.54, 1.807) is 5.57 Å². The molecule has 2 saturated heterocycles. The summed E-state index contributed by atoms with van der Waals surface area (Å²) in [6, 6.07) is 13.2. The van der Waals surface area contributed by atoms with Gasteiger partial charge in [-0.1, -0.05) is 42.3 Å². The predicted molar refractivity (Wildman–Crippen MR) is 143 cm³/mol. The van der Waals surface area contributed by atoms with Gasteiger partial charge in [-0.15, -0.1) is 0 Å². The number of fused-ring (bicyclic) bond motifs is 2. The molecule has 0 aromatic heterocycles. The summed E-state index contributed by atoms with van der Waals surface area (Å²) < 4.78 is 33.3. The fourth-order valence-corrected chi connectivity index (χ4v) is 7.71. The zero-order chi connectivity index (χ0) is 26.4. The molecule has 4 nitrogen and oxygen atoms in total. The number of esters is 1. The molecule has 4 aliphatic rings. The van der Waals surface area contributed by atoms with Crippen LogP contribution in [0.5, 0.6) is 0 Å². The van der Waals surface area contributed by atoms with E-state index in [1.807, 2.05) is 24.3 Å². The Balaban J connectivity index is 1.15. The van der Waals surface area contributed by atoms with Crippen LogP contribution in [0.4, 0.5) is 8.78 Å². The molecule has 202 valence electrons. The minimum Gasteiger partial charge on any atom is -0.462 e. The van der Waals surface area contributed by atoms with Crippen molar-refractivity contribution in [3.05, 3.63) is 82.4 Å². The van der Waals surface area contributed by atoms with Crippen LogP contribution in [-0.2, 0) is 9.53 Å². The Morgan fingerprint density at radius 3 is 2.18 bits per heavy atom. The lowest BCUT2D eigenvalue weighted by molar-refractivity contribution is -0.145. The van der Waals surface area contributed by atoms with Crippen LogP contribution >= 0.6 is 0 Å². The van der Waals surface area contributed by atoms with E-state index in [4.69, 9.17) is 4.74 Å². The van der Waals surface area contributed by atoms with E-state index in [9.17, 15) is 13.6 Å². The molecule has 38 heavy (non-hydrogen) atoms. The minimum atomic E-state index is -0.264. The number of nitrogens with zero attached hydrogens (tertiary/aromatic N) is 2. The van der Waals surface area contributed by atoms with Gasteiger partial charge in [0.15, 0.2) is 0 Å². The SMILES string of the molecule is CC1=C2CC3C(CC2(C)CCC1)OC(=O)C3CN1CCN(C(c2ccc(F)cc2)c2ccc(F)cc2)CC1. The van der Waals surface area contributed by atoms with E-state index in [0.717, 1.165) is 56.7 Å². The first-order valence-electron chi connectivity index (χ1n) is 14.2. The number of hydrogen-bond donors (Lipinski definition) is 0. The number of allylic oxidation sites excluding steroid dienone is 2. The minimum absolute atomic E-state index is 0.0153. The first-order valence-corrected chi connectivity index (χ1v) is 14.2. The summed E-state index contributed by atoms with van der Waals surface area (Å²) >= 11 is 0. The third kappa shape index (κ3) is 4.82. The molecule has 0 bridgehead atoms. The molecule has 0 amide bonds. The molecule has 0 radical (unpaired) electrons. The summed E-state index contributed by atoms with van der Waals surface area (Å²) in [7, 11) is 0. The summed E-state index contributed by atoms with van der Waals surface area (Å²) in [5.74, 6) is -0.328. The fraction of sp³-hybridized carbons (Fsp3) is 0.531. The molecule has 3 fully saturated rings. The maximum atomic E-state index is 13.7. The molecule has 0 N–H and O–H groups in total. The van der Waals surface area contributed by atoms with Crippen LogP contribution in [0.25, 0.3) is 0 Å². The maximum absolute atomic E-state index is 13.7. The van der Waals surface area contributed by atoms with Crippen molar-refractivity contribution in [1.29, 1.82) is 0 Å². The van der Waals surface area contributed by atoms with Crippen molar-refractivity contribution < 1.29 is 18.3 Å². The van der Waals surface area contributed by atoms with Gasteiger partial charge in [0.25, 0.3) is 0 Å². The Bertz CT molecular complexity index is 1160. The number of benzene rings is 2. The standard InChI is InChI=1S/C32H38F2N2O2/c1-21-4-3-13-32(2)19-29-26(18-28(21)32)27(31(37)38-29)20-35-14-16-36(17-15-35)30(22-5-9-24(33)10-6-22)23-7-11-25(34)12-8-23/h5-12,26-27,29-30H,3-4,13-20H2,1-2H3. The Labute approximate surface area is 224 Å².